The minimum atomic E-state index is -0.797. The van der Waals surface area contributed by atoms with Gasteiger partial charge >= 0.3 is 5.97 Å². The molecule has 3 aromatic rings. The third-order valence-electron chi connectivity index (χ3n) is 5.69. The molecule has 1 aliphatic rings. The second kappa shape index (κ2) is 10.5. The molecule has 8 nitrogen and oxygen atoms in total. The lowest BCUT2D eigenvalue weighted by Gasteiger charge is -2.24. The molecule has 184 valence electrons. The molecule has 2 N–H and O–H groups in total. The number of fused-ring (bicyclic) bond motifs is 1. The normalized spacial score (nSPS) is 15.3. The van der Waals surface area contributed by atoms with E-state index in [1.807, 2.05) is 38.1 Å². The van der Waals surface area contributed by atoms with Gasteiger partial charge in [0.25, 0.3) is 5.56 Å². The second-order valence-electron chi connectivity index (χ2n) is 7.81. The number of aromatic nitrogens is 1. The average molecular weight is 504 g/mol. The minimum absolute atomic E-state index is 0.00775. The third-order valence-corrected chi connectivity index (χ3v) is 6.80. The number of nitrogens with two attached hydrogens (primary N) is 1. The van der Waals surface area contributed by atoms with Crippen molar-refractivity contribution in [3.05, 3.63) is 84.8 Å². The van der Waals surface area contributed by atoms with Gasteiger partial charge in [-0.25, -0.2) is 4.79 Å². The van der Waals surface area contributed by atoms with E-state index < -0.39 is 17.4 Å². The maximum atomic E-state index is 13.4. The fourth-order valence-electron chi connectivity index (χ4n) is 4.09. The average Bonchev–Trinajstić information content (AvgIpc) is 3.21. The van der Waals surface area contributed by atoms with E-state index in [-0.39, 0.29) is 17.0 Å². The van der Waals surface area contributed by atoms with E-state index >= 15 is 0 Å². The summed E-state index contributed by atoms with van der Waals surface area (Å²) in [6.07, 6.45) is 1.72. The van der Waals surface area contributed by atoms with Crippen LogP contribution >= 0.6 is 11.3 Å². The number of methoxy groups -OCH3 is 1. The number of carbonyl (C=O) groups excluding carboxylic acids is 1. The van der Waals surface area contributed by atoms with Crippen molar-refractivity contribution in [1.29, 1.82) is 5.26 Å². The number of nitrogens with zero attached hydrogens (tertiary/aromatic N) is 2. The van der Waals surface area contributed by atoms with Crippen molar-refractivity contribution in [1.82, 2.24) is 4.57 Å². The van der Waals surface area contributed by atoms with Crippen molar-refractivity contribution < 1.29 is 19.0 Å². The van der Waals surface area contributed by atoms with Crippen LogP contribution in [0.3, 0.4) is 0 Å². The molecule has 0 bridgehead atoms. The van der Waals surface area contributed by atoms with E-state index in [9.17, 15) is 14.9 Å². The molecule has 0 aliphatic carbocycles. The number of carbonyl (C=O) groups is 1. The van der Waals surface area contributed by atoms with Gasteiger partial charge in [-0.15, -0.1) is 11.3 Å². The Morgan fingerprint density at radius 1 is 1.08 bits per heavy atom. The predicted octanol–water partition coefficient (Wildman–Crippen LogP) is 2.31. The number of hydrogen-bond donors (Lipinski definition) is 1. The lowest BCUT2D eigenvalue weighted by molar-refractivity contribution is -0.134. The molecule has 9 heteroatoms. The maximum Gasteiger partial charge on any atom is 0.337 e. The van der Waals surface area contributed by atoms with Gasteiger partial charge in [-0.05, 0) is 55.3 Å². The number of allylic oxidation sites excluding steroid dienone is 1. The summed E-state index contributed by atoms with van der Waals surface area (Å²) in [6, 6.07) is 16.5. The fraction of sp³-hybridized carbons (Fsp3) is 0.222. The van der Waals surface area contributed by atoms with Crippen molar-refractivity contribution in [2.75, 3.05) is 20.3 Å². The standard InChI is InChI=1S/C27H25N3O5S/c1-4-34-18-10-6-16(7-11-18)14-21-25(31)30-24(29)20(15-28)22(23(26(30)36-21)27(32)33-3)17-8-12-19(13-9-17)35-5-2/h6-14,22H,4-5,29H2,1-3H3/b21-14-. The zero-order valence-electron chi connectivity index (χ0n) is 20.1. The SMILES string of the molecule is CCOc1ccc(/C=c2\sc3n(c2=O)C(N)=C(C#N)C(c2ccc(OCC)cc2)C=3C(=O)OC)cc1. The van der Waals surface area contributed by atoms with Crippen LogP contribution in [0.2, 0.25) is 0 Å². The molecular weight excluding hydrogens is 478 g/mol. The minimum Gasteiger partial charge on any atom is -0.494 e. The number of esters is 1. The van der Waals surface area contributed by atoms with Crippen LogP contribution in [0.4, 0.5) is 0 Å². The van der Waals surface area contributed by atoms with Crippen molar-refractivity contribution >= 4 is 34.8 Å². The van der Waals surface area contributed by atoms with E-state index in [0.717, 1.165) is 22.6 Å². The van der Waals surface area contributed by atoms with Crippen LogP contribution in [0, 0.1) is 11.3 Å². The van der Waals surface area contributed by atoms with Crippen LogP contribution in [0.25, 0.3) is 17.5 Å². The highest BCUT2D eigenvalue weighted by molar-refractivity contribution is 7.07. The van der Waals surface area contributed by atoms with Gasteiger partial charge < -0.3 is 19.9 Å². The number of ether oxygens (including phenoxy) is 3. The summed E-state index contributed by atoms with van der Waals surface area (Å²) in [4.78, 5) is 26.4. The van der Waals surface area contributed by atoms with Gasteiger partial charge in [0.1, 0.15) is 22.0 Å². The Bertz CT molecular complexity index is 1540. The molecule has 36 heavy (non-hydrogen) atoms. The summed E-state index contributed by atoms with van der Waals surface area (Å²) in [7, 11) is 1.27. The van der Waals surface area contributed by atoms with Gasteiger partial charge in [-0.2, -0.15) is 5.26 Å². The van der Waals surface area contributed by atoms with Crippen LogP contribution in [-0.2, 0) is 9.53 Å². The first-order valence-corrected chi connectivity index (χ1v) is 12.2. The molecule has 1 aliphatic heterocycles. The molecule has 1 aromatic heterocycles. The number of nitriles is 1. The first-order valence-electron chi connectivity index (χ1n) is 11.3. The van der Waals surface area contributed by atoms with Gasteiger partial charge in [0.2, 0.25) is 0 Å². The zero-order valence-corrected chi connectivity index (χ0v) is 20.9. The van der Waals surface area contributed by atoms with Gasteiger partial charge in [0.15, 0.2) is 0 Å². The van der Waals surface area contributed by atoms with Gasteiger partial charge in [0.05, 0.1) is 48.0 Å². The highest BCUT2D eigenvalue weighted by Crippen LogP contribution is 2.37. The number of benzene rings is 2. The number of hydrogen-bond acceptors (Lipinski definition) is 8. The molecule has 0 spiro atoms. The van der Waals surface area contributed by atoms with Gasteiger partial charge in [-0.1, -0.05) is 24.3 Å². The Morgan fingerprint density at radius 3 is 2.19 bits per heavy atom. The molecule has 0 fully saturated rings. The number of rotatable bonds is 7. The van der Waals surface area contributed by atoms with Crippen LogP contribution in [0.15, 0.2) is 58.9 Å². The molecule has 2 heterocycles. The van der Waals surface area contributed by atoms with E-state index in [1.165, 1.54) is 11.7 Å². The van der Waals surface area contributed by atoms with Crippen LogP contribution in [0.1, 0.15) is 30.9 Å². The molecule has 1 atom stereocenters. The Kier molecular flexibility index (Phi) is 7.27. The topological polar surface area (TPSA) is 117 Å². The summed E-state index contributed by atoms with van der Waals surface area (Å²) in [5.74, 6) is -0.0625. The van der Waals surface area contributed by atoms with Crippen LogP contribution in [-0.4, -0.2) is 30.9 Å². The lowest BCUT2D eigenvalue weighted by Crippen LogP contribution is -2.40. The number of thiazole rings is 1. The first kappa shape index (κ1) is 24.8. The Labute approximate surface area is 211 Å². The van der Waals surface area contributed by atoms with E-state index in [4.69, 9.17) is 19.9 Å². The first-order chi connectivity index (χ1) is 17.4. The lowest BCUT2D eigenvalue weighted by atomic mass is 9.84. The van der Waals surface area contributed by atoms with Crippen molar-refractivity contribution in [2.24, 2.45) is 5.73 Å². The largest absolute Gasteiger partial charge is 0.494 e. The van der Waals surface area contributed by atoms with E-state index in [1.54, 1.807) is 30.3 Å². The van der Waals surface area contributed by atoms with Crippen LogP contribution in [0.5, 0.6) is 11.5 Å². The summed E-state index contributed by atoms with van der Waals surface area (Å²) in [6.45, 7) is 4.85. The van der Waals surface area contributed by atoms with Crippen LogP contribution < -0.4 is 30.0 Å². The molecule has 0 radical (unpaired) electrons. The fourth-order valence-corrected chi connectivity index (χ4v) is 5.25. The molecule has 0 saturated carbocycles. The Balaban J connectivity index is 1.96. The van der Waals surface area contributed by atoms with Crippen molar-refractivity contribution in [3.63, 3.8) is 0 Å². The zero-order chi connectivity index (χ0) is 25.8. The van der Waals surface area contributed by atoms with Crippen molar-refractivity contribution in [2.45, 2.75) is 19.8 Å². The summed E-state index contributed by atoms with van der Waals surface area (Å²) >= 11 is 1.13. The summed E-state index contributed by atoms with van der Waals surface area (Å²) in [5.41, 5.74) is 7.67. The molecule has 4 rings (SSSR count). The quantitative estimate of drug-likeness (QED) is 0.492. The smallest absolute Gasteiger partial charge is 0.337 e. The predicted molar refractivity (Wildman–Crippen MR) is 138 cm³/mol. The highest BCUT2D eigenvalue weighted by Gasteiger charge is 2.36. The van der Waals surface area contributed by atoms with Gasteiger partial charge in [0, 0.05) is 0 Å². The molecule has 1 unspecified atom stereocenters. The molecule has 0 amide bonds. The molecule has 2 aromatic carbocycles. The van der Waals surface area contributed by atoms with Gasteiger partial charge in [-0.3, -0.25) is 9.36 Å². The second-order valence-corrected chi connectivity index (χ2v) is 8.84. The Hall–Kier alpha value is -4.29. The maximum absolute atomic E-state index is 13.4. The molecule has 0 saturated heterocycles. The summed E-state index contributed by atoms with van der Waals surface area (Å²) < 4.78 is 18.0. The van der Waals surface area contributed by atoms with Crippen molar-refractivity contribution in [3.8, 4) is 17.6 Å². The monoisotopic (exact) mass is 503 g/mol. The highest BCUT2D eigenvalue weighted by atomic mass is 32.1. The third kappa shape index (κ3) is 4.51. The Morgan fingerprint density at radius 2 is 1.67 bits per heavy atom. The van der Waals surface area contributed by atoms with E-state index in [0.29, 0.717) is 33.7 Å². The summed E-state index contributed by atoms with van der Waals surface area (Å²) in [5, 5.41) is 10.0. The van der Waals surface area contributed by atoms with E-state index in [2.05, 4.69) is 6.07 Å². The molecular formula is C27H25N3O5S.